The highest BCUT2D eigenvalue weighted by molar-refractivity contribution is 5.85. The molecule has 0 aromatic heterocycles. The maximum Gasteiger partial charge on any atom is 0.222 e. The summed E-state index contributed by atoms with van der Waals surface area (Å²) in [5.41, 5.74) is 1.21. The molecule has 1 aromatic carbocycles. The van der Waals surface area contributed by atoms with E-state index in [2.05, 4.69) is 0 Å². The van der Waals surface area contributed by atoms with E-state index in [-0.39, 0.29) is 24.4 Å². The molecule has 1 aliphatic rings. The van der Waals surface area contributed by atoms with Crippen LogP contribution in [0, 0.1) is 0 Å². The predicted molar refractivity (Wildman–Crippen MR) is 73.8 cm³/mol. The maximum atomic E-state index is 11.9. The molecule has 100 valence electrons. The van der Waals surface area contributed by atoms with Gasteiger partial charge in [-0.3, -0.25) is 4.79 Å². The molecule has 0 saturated carbocycles. The lowest BCUT2D eigenvalue weighted by Gasteiger charge is -2.29. The number of nitrogens with zero attached hydrogens (tertiary/aromatic N) is 1. The number of carbonyl (C=O) groups is 1. The Kier molecular flexibility index (Phi) is 6.16. The molecule has 1 saturated heterocycles. The molecule has 0 atom stereocenters. The smallest absolute Gasteiger partial charge is 0.222 e. The van der Waals surface area contributed by atoms with Crippen molar-refractivity contribution in [1.82, 2.24) is 4.90 Å². The third kappa shape index (κ3) is 4.31. The topological polar surface area (TPSA) is 40.5 Å². The van der Waals surface area contributed by atoms with Gasteiger partial charge < -0.3 is 10.0 Å². The van der Waals surface area contributed by atoms with E-state index in [1.54, 1.807) is 0 Å². The molecular formula is C14H20ClNO2. The fourth-order valence-electron chi connectivity index (χ4n) is 2.17. The Labute approximate surface area is 114 Å². The van der Waals surface area contributed by atoms with Gasteiger partial charge in [-0.1, -0.05) is 30.3 Å². The van der Waals surface area contributed by atoms with Crippen LogP contribution in [0.3, 0.4) is 0 Å². The number of rotatable bonds is 3. The molecule has 0 radical (unpaired) electrons. The molecule has 1 N–H and O–H groups in total. The summed E-state index contributed by atoms with van der Waals surface area (Å²) in [4.78, 5) is 13.8. The normalized spacial score (nSPS) is 16.2. The first-order valence-electron chi connectivity index (χ1n) is 6.25. The van der Waals surface area contributed by atoms with Crippen LogP contribution in [-0.2, 0) is 11.2 Å². The van der Waals surface area contributed by atoms with E-state index in [0.29, 0.717) is 19.5 Å². The molecule has 1 aromatic rings. The van der Waals surface area contributed by atoms with Gasteiger partial charge in [0.25, 0.3) is 0 Å². The number of aryl methyl sites for hydroxylation is 1. The van der Waals surface area contributed by atoms with Gasteiger partial charge in [-0.25, -0.2) is 0 Å². The number of benzene rings is 1. The van der Waals surface area contributed by atoms with Crippen molar-refractivity contribution in [2.75, 3.05) is 13.1 Å². The number of carbonyl (C=O) groups excluding carboxylic acids is 1. The molecule has 3 nitrogen and oxygen atoms in total. The van der Waals surface area contributed by atoms with Gasteiger partial charge in [0.15, 0.2) is 0 Å². The van der Waals surface area contributed by atoms with Gasteiger partial charge in [0.1, 0.15) is 0 Å². The number of amides is 1. The highest BCUT2D eigenvalue weighted by Gasteiger charge is 2.20. The minimum absolute atomic E-state index is 0. The molecule has 1 heterocycles. The van der Waals surface area contributed by atoms with Crippen molar-refractivity contribution in [2.24, 2.45) is 0 Å². The summed E-state index contributed by atoms with van der Waals surface area (Å²) in [6, 6.07) is 10.1. The van der Waals surface area contributed by atoms with Gasteiger partial charge in [-0.2, -0.15) is 0 Å². The van der Waals surface area contributed by atoms with Gasteiger partial charge >= 0.3 is 0 Å². The first-order chi connectivity index (χ1) is 8.25. The van der Waals surface area contributed by atoms with Crippen molar-refractivity contribution < 1.29 is 9.90 Å². The first-order valence-corrected chi connectivity index (χ1v) is 6.25. The summed E-state index contributed by atoms with van der Waals surface area (Å²) < 4.78 is 0. The summed E-state index contributed by atoms with van der Waals surface area (Å²) in [6.45, 7) is 1.41. The third-order valence-corrected chi connectivity index (χ3v) is 3.29. The zero-order valence-corrected chi connectivity index (χ0v) is 11.2. The molecule has 1 fully saturated rings. The fourth-order valence-corrected chi connectivity index (χ4v) is 2.17. The predicted octanol–water partition coefficient (Wildman–Crippen LogP) is 2.02. The minimum atomic E-state index is -0.215. The molecule has 0 spiro atoms. The highest BCUT2D eigenvalue weighted by Crippen LogP contribution is 2.12. The van der Waals surface area contributed by atoms with Crippen LogP contribution in [-0.4, -0.2) is 35.1 Å². The summed E-state index contributed by atoms with van der Waals surface area (Å²) >= 11 is 0. The molecule has 0 aliphatic carbocycles. The van der Waals surface area contributed by atoms with Crippen molar-refractivity contribution >= 4 is 18.3 Å². The van der Waals surface area contributed by atoms with E-state index >= 15 is 0 Å². The number of aliphatic hydroxyl groups is 1. The monoisotopic (exact) mass is 269 g/mol. The second-order valence-electron chi connectivity index (χ2n) is 4.60. The van der Waals surface area contributed by atoms with Crippen LogP contribution in [0.25, 0.3) is 0 Å². The Bertz CT molecular complexity index is 361. The van der Waals surface area contributed by atoms with Crippen LogP contribution in [0.15, 0.2) is 30.3 Å². The second kappa shape index (κ2) is 7.39. The van der Waals surface area contributed by atoms with Crippen molar-refractivity contribution in [1.29, 1.82) is 0 Å². The van der Waals surface area contributed by atoms with Gasteiger partial charge in [0.2, 0.25) is 5.91 Å². The Hall–Kier alpha value is -1.06. The molecule has 0 unspecified atom stereocenters. The summed E-state index contributed by atoms with van der Waals surface area (Å²) in [5, 5.41) is 9.38. The van der Waals surface area contributed by atoms with E-state index in [9.17, 15) is 9.90 Å². The second-order valence-corrected chi connectivity index (χ2v) is 4.60. The standard InChI is InChI=1S/C14H19NO2.ClH/c16-13-8-10-15(11-9-13)14(17)7-6-12-4-2-1-3-5-12;/h1-5,13,16H,6-11H2;1H. The van der Waals surface area contributed by atoms with Crippen LogP contribution in [0.5, 0.6) is 0 Å². The quantitative estimate of drug-likeness (QED) is 0.912. The molecular weight excluding hydrogens is 250 g/mol. The average molecular weight is 270 g/mol. The minimum Gasteiger partial charge on any atom is -0.393 e. The SMILES string of the molecule is Cl.O=C(CCc1ccccc1)N1CCC(O)CC1. The van der Waals surface area contributed by atoms with E-state index in [1.165, 1.54) is 5.56 Å². The average Bonchev–Trinajstić information content (AvgIpc) is 2.38. The highest BCUT2D eigenvalue weighted by atomic mass is 35.5. The van der Waals surface area contributed by atoms with Gasteiger partial charge in [-0.15, -0.1) is 12.4 Å². The lowest BCUT2D eigenvalue weighted by atomic mass is 10.1. The summed E-state index contributed by atoms with van der Waals surface area (Å²) in [6.07, 6.45) is 2.60. The van der Waals surface area contributed by atoms with Gasteiger partial charge in [-0.05, 0) is 24.8 Å². The number of halogens is 1. The van der Waals surface area contributed by atoms with Crippen LogP contribution in [0.4, 0.5) is 0 Å². The zero-order valence-electron chi connectivity index (χ0n) is 10.4. The third-order valence-electron chi connectivity index (χ3n) is 3.29. The molecule has 2 rings (SSSR count). The lowest BCUT2D eigenvalue weighted by molar-refractivity contribution is -0.133. The first kappa shape index (κ1) is 15.0. The molecule has 1 aliphatic heterocycles. The number of hydrogen-bond acceptors (Lipinski definition) is 2. The Morgan fingerprint density at radius 2 is 1.83 bits per heavy atom. The number of aliphatic hydroxyl groups excluding tert-OH is 1. The summed E-state index contributed by atoms with van der Waals surface area (Å²) in [5.74, 6) is 0.209. The van der Waals surface area contributed by atoms with Gasteiger partial charge in [0, 0.05) is 19.5 Å². The Balaban J connectivity index is 0.00000162. The largest absolute Gasteiger partial charge is 0.393 e. The van der Waals surface area contributed by atoms with Crippen LogP contribution < -0.4 is 0 Å². The number of hydrogen-bond donors (Lipinski definition) is 1. The van der Waals surface area contributed by atoms with E-state index in [4.69, 9.17) is 0 Å². The fraction of sp³-hybridized carbons (Fsp3) is 0.500. The lowest BCUT2D eigenvalue weighted by Crippen LogP contribution is -2.40. The van der Waals surface area contributed by atoms with Crippen molar-refractivity contribution in [3.63, 3.8) is 0 Å². The molecule has 18 heavy (non-hydrogen) atoms. The molecule has 1 amide bonds. The van der Waals surface area contributed by atoms with E-state index in [0.717, 1.165) is 19.3 Å². The van der Waals surface area contributed by atoms with Crippen molar-refractivity contribution in [3.05, 3.63) is 35.9 Å². The van der Waals surface area contributed by atoms with E-state index in [1.807, 2.05) is 35.2 Å². The van der Waals surface area contributed by atoms with E-state index < -0.39 is 0 Å². The van der Waals surface area contributed by atoms with Crippen LogP contribution in [0.2, 0.25) is 0 Å². The molecule has 4 heteroatoms. The van der Waals surface area contributed by atoms with Gasteiger partial charge in [0.05, 0.1) is 6.10 Å². The number of likely N-dealkylation sites (tertiary alicyclic amines) is 1. The maximum absolute atomic E-state index is 11.9. The Morgan fingerprint density at radius 1 is 1.22 bits per heavy atom. The van der Waals surface area contributed by atoms with Crippen LogP contribution in [0.1, 0.15) is 24.8 Å². The summed E-state index contributed by atoms with van der Waals surface area (Å²) in [7, 11) is 0. The zero-order chi connectivity index (χ0) is 12.1. The van der Waals surface area contributed by atoms with Crippen molar-refractivity contribution in [3.8, 4) is 0 Å². The van der Waals surface area contributed by atoms with Crippen molar-refractivity contribution in [2.45, 2.75) is 31.8 Å². The van der Waals surface area contributed by atoms with Crippen LogP contribution >= 0.6 is 12.4 Å². The molecule has 0 bridgehead atoms. The Morgan fingerprint density at radius 3 is 2.44 bits per heavy atom. The number of piperidine rings is 1.